The smallest absolute Gasteiger partial charge is 0.252 e. The number of thiophene rings is 1. The molecule has 1 aliphatic heterocycles. The van der Waals surface area contributed by atoms with Crippen LogP contribution in [0, 0.1) is 0 Å². The van der Waals surface area contributed by atoms with Gasteiger partial charge in [-0.1, -0.05) is 12.1 Å². The zero-order valence-corrected chi connectivity index (χ0v) is 15.4. The number of carbonyl (C=O) groups excluding carboxylic acids is 1. The third-order valence-corrected chi connectivity index (χ3v) is 5.94. The second kappa shape index (κ2) is 6.59. The Kier molecular flexibility index (Phi) is 3.94. The van der Waals surface area contributed by atoms with Crippen molar-refractivity contribution in [1.82, 2.24) is 20.5 Å². The molecule has 0 saturated carbocycles. The number of benzene rings is 1. The first-order valence-electron chi connectivity index (χ1n) is 8.99. The van der Waals surface area contributed by atoms with E-state index in [1.807, 2.05) is 36.5 Å². The van der Waals surface area contributed by atoms with Gasteiger partial charge >= 0.3 is 0 Å². The van der Waals surface area contributed by atoms with E-state index >= 15 is 0 Å². The average Bonchev–Trinajstić information content (AvgIpc) is 3.47. The Labute approximate surface area is 160 Å². The van der Waals surface area contributed by atoms with Crippen molar-refractivity contribution >= 4 is 34.0 Å². The molecule has 1 aliphatic rings. The van der Waals surface area contributed by atoms with Gasteiger partial charge in [0.05, 0.1) is 10.6 Å². The van der Waals surface area contributed by atoms with Crippen molar-refractivity contribution in [1.29, 1.82) is 0 Å². The van der Waals surface area contributed by atoms with Gasteiger partial charge in [-0.15, -0.1) is 11.3 Å². The number of H-pyrrole nitrogens is 2. The van der Waals surface area contributed by atoms with Crippen molar-refractivity contribution < 1.29 is 4.79 Å². The van der Waals surface area contributed by atoms with Gasteiger partial charge in [0.15, 0.2) is 5.82 Å². The number of hydrogen-bond acceptors (Lipinski definition) is 4. The second-order valence-corrected chi connectivity index (χ2v) is 7.71. The molecule has 27 heavy (non-hydrogen) atoms. The summed E-state index contributed by atoms with van der Waals surface area (Å²) in [5.74, 6) is 0.913. The van der Waals surface area contributed by atoms with E-state index in [1.54, 1.807) is 11.3 Å². The van der Waals surface area contributed by atoms with Gasteiger partial charge in [-0.3, -0.25) is 9.89 Å². The normalized spacial score (nSPS) is 16.9. The molecule has 1 saturated heterocycles. The summed E-state index contributed by atoms with van der Waals surface area (Å²) in [6.07, 6.45) is 2.78. The quantitative estimate of drug-likeness (QED) is 0.508. The molecule has 0 spiro atoms. The minimum atomic E-state index is -0.0200. The third kappa shape index (κ3) is 3.00. The highest BCUT2D eigenvalue weighted by molar-refractivity contribution is 7.13. The van der Waals surface area contributed by atoms with E-state index in [9.17, 15) is 4.79 Å². The number of nitrogens with zero attached hydrogens (tertiary/aromatic N) is 2. The molecule has 136 valence electrons. The summed E-state index contributed by atoms with van der Waals surface area (Å²) in [4.78, 5) is 19.3. The Morgan fingerprint density at radius 1 is 1.26 bits per heavy atom. The first kappa shape index (κ1) is 16.1. The van der Waals surface area contributed by atoms with E-state index < -0.39 is 0 Å². The molecule has 0 radical (unpaired) electrons. The van der Waals surface area contributed by atoms with Crippen LogP contribution in [0.4, 0.5) is 5.82 Å². The Balaban J connectivity index is 1.27. The number of fused-ring (bicyclic) bond motifs is 1. The first-order valence-corrected chi connectivity index (χ1v) is 9.87. The third-order valence-electron chi connectivity index (χ3n) is 5.04. The molecule has 1 atom stereocenters. The maximum atomic E-state index is 12.8. The van der Waals surface area contributed by atoms with Crippen LogP contribution in [0.5, 0.6) is 0 Å². The predicted octanol–water partition coefficient (Wildman–Crippen LogP) is 3.63. The number of anilines is 1. The molecule has 3 aromatic heterocycles. The fourth-order valence-electron chi connectivity index (χ4n) is 3.66. The van der Waals surface area contributed by atoms with Gasteiger partial charge < -0.3 is 15.2 Å². The largest absolute Gasteiger partial charge is 0.361 e. The number of hydrogen-bond donors (Lipinski definition) is 3. The molecule has 3 N–H and O–H groups in total. The fraction of sp³-hybridized carbons (Fsp3) is 0.200. The zero-order chi connectivity index (χ0) is 18.2. The standard InChI is InChI=1S/C20H19N5OS/c26-20(15-3-1-4-16-14(15)6-8-21-16)22-13-7-9-25(12-13)19-11-17(23-24-19)18-5-2-10-27-18/h1-6,8,10-11,13,21H,7,9,12H2,(H,22,26)(H,23,24)/t13-/m1/s1. The topological polar surface area (TPSA) is 76.8 Å². The highest BCUT2D eigenvalue weighted by Crippen LogP contribution is 2.27. The zero-order valence-electron chi connectivity index (χ0n) is 14.6. The number of rotatable bonds is 4. The van der Waals surface area contributed by atoms with E-state index in [-0.39, 0.29) is 11.9 Å². The van der Waals surface area contributed by atoms with Crippen LogP contribution in [0.15, 0.2) is 54.0 Å². The van der Waals surface area contributed by atoms with Crippen molar-refractivity contribution in [2.45, 2.75) is 12.5 Å². The molecule has 7 heteroatoms. The summed E-state index contributed by atoms with van der Waals surface area (Å²) >= 11 is 1.69. The van der Waals surface area contributed by atoms with Crippen molar-refractivity contribution in [3.05, 3.63) is 59.6 Å². The van der Waals surface area contributed by atoms with Crippen molar-refractivity contribution in [3.8, 4) is 10.6 Å². The lowest BCUT2D eigenvalue weighted by atomic mass is 10.1. The summed E-state index contributed by atoms with van der Waals surface area (Å²) in [6, 6.07) is 14.0. The minimum absolute atomic E-state index is 0.0200. The summed E-state index contributed by atoms with van der Waals surface area (Å²) < 4.78 is 0. The van der Waals surface area contributed by atoms with Crippen LogP contribution in [0.1, 0.15) is 16.8 Å². The molecule has 0 unspecified atom stereocenters. The lowest BCUT2D eigenvalue weighted by molar-refractivity contribution is 0.0942. The van der Waals surface area contributed by atoms with Crippen LogP contribution in [0.2, 0.25) is 0 Å². The van der Waals surface area contributed by atoms with E-state index in [0.717, 1.165) is 41.9 Å². The predicted molar refractivity (Wildman–Crippen MR) is 108 cm³/mol. The maximum Gasteiger partial charge on any atom is 0.252 e. The minimum Gasteiger partial charge on any atom is -0.361 e. The van der Waals surface area contributed by atoms with Gasteiger partial charge in [-0.25, -0.2) is 0 Å². The molecule has 1 aromatic carbocycles. The molecular formula is C20H19N5OS. The van der Waals surface area contributed by atoms with Crippen LogP contribution in [-0.2, 0) is 0 Å². The Bertz CT molecular complexity index is 1080. The van der Waals surface area contributed by atoms with Gasteiger partial charge in [0, 0.05) is 47.9 Å². The fourth-order valence-corrected chi connectivity index (χ4v) is 4.36. The van der Waals surface area contributed by atoms with Crippen molar-refractivity contribution in [2.75, 3.05) is 18.0 Å². The first-order chi connectivity index (χ1) is 13.3. The molecule has 0 aliphatic carbocycles. The Morgan fingerprint density at radius 3 is 3.11 bits per heavy atom. The number of aromatic nitrogens is 3. The van der Waals surface area contributed by atoms with Gasteiger partial charge in [-0.2, -0.15) is 5.10 Å². The number of aromatic amines is 2. The molecule has 4 heterocycles. The van der Waals surface area contributed by atoms with E-state index in [4.69, 9.17) is 0 Å². The average molecular weight is 377 g/mol. The molecular weight excluding hydrogens is 358 g/mol. The monoisotopic (exact) mass is 377 g/mol. The lowest BCUT2D eigenvalue weighted by Crippen LogP contribution is -2.37. The van der Waals surface area contributed by atoms with E-state index in [0.29, 0.717) is 5.56 Å². The van der Waals surface area contributed by atoms with Gasteiger partial charge in [0.2, 0.25) is 0 Å². The Hall–Kier alpha value is -3.06. The van der Waals surface area contributed by atoms with Gasteiger partial charge in [0.1, 0.15) is 0 Å². The van der Waals surface area contributed by atoms with Gasteiger partial charge in [-0.05, 0) is 36.1 Å². The summed E-state index contributed by atoms with van der Waals surface area (Å²) in [5.41, 5.74) is 2.73. The summed E-state index contributed by atoms with van der Waals surface area (Å²) in [5, 5.41) is 13.8. The highest BCUT2D eigenvalue weighted by Gasteiger charge is 2.26. The van der Waals surface area contributed by atoms with Crippen LogP contribution in [0.3, 0.4) is 0 Å². The second-order valence-electron chi connectivity index (χ2n) is 6.77. The molecule has 1 fully saturated rings. The lowest BCUT2D eigenvalue weighted by Gasteiger charge is -2.16. The van der Waals surface area contributed by atoms with Crippen LogP contribution >= 0.6 is 11.3 Å². The molecule has 4 aromatic rings. The molecule has 6 nitrogen and oxygen atoms in total. The number of nitrogens with one attached hydrogen (secondary N) is 3. The molecule has 1 amide bonds. The van der Waals surface area contributed by atoms with E-state index in [1.165, 1.54) is 4.88 Å². The van der Waals surface area contributed by atoms with Crippen molar-refractivity contribution in [3.63, 3.8) is 0 Å². The summed E-state index contributed by atoms with van der Waals surface area (Å²) in [7, 11) is 0. The van der Waals surface area contributed by atoms with Gasteiger partial charge in [0.25, 0.3) is 5.91 Å². The molecule has 5 rings (SSSR count). The Morgan fingerprint density at radius 2 is 2.22 bits per heavy atom. The van der Waals surface area contributed by atoms with Crippen LogP contribution in [-0.4, -0.2) is 40.2 Å². The van der Waals surface area contributed by atoms with Crippen LogP contribution in [0.25, 0.3) is 21.5 Å². The summed E-state index contributed by atoms with van der Waals surface area (Å²) in [6.45, 7) is 1.65. The van der Waals surface area contributed by atoms with E-state index in [2.05, 4.69) is 42.9 Å². The maximum absolute atomic E-state index is 12.8. The van der Waals surface area contributed by atoms with Crippen LogP contribution < -0.4 is 10.2 Å². The SMILES string of the molecule is O=C(N[C@@H]1CCN(c2cc(-c3cccs3)[nH]n2)C1)c1cccc2[nH]ccc12. The number of carbonyl (C=O) groups is 1. The number of amides is 1. The van der Waals surface area contributed by atoms with Crippen molar-refractivity contribution in [2.24, 2.45) is 0 Å². The highest BCUT2D eigenvalue weighted by atomic mass is 32.1. The molecule has 0 bridgehead atoms.